The lowest BCUT2D eigenvalue weighted by Crippen LogP contribution is -2.03. The Morgan fingerprint density at radius 1 is 1.00 bits per heavy atom. The summed E-state index contributed by atoms with van der Waals surface area (Å²) in [5.41, 5.74) is 1.30. The number of rotatable bonds is 10. The summed E-state index contributed by atoms with van der Waals surface area (Å²) in [5, 5.41) is 0. The molecule has 0 fully saturated rings. The van der Waals surface area contributed by atoms with Gasteiger partial charge in [0.1, 0.15) is 6.61 Å². The zero-order valence-corrected chi connectivity index (χ0v) is 16.3. The first-order valence-corrected chi connectivity index (χ1v) is 8.74. The van der Waals surface area contributed by atoms with Crippen molar-refractivity contribution in [1.82, 2.24) is 0 Å². The molecule has 156 valence electrons. The minimum absolute atomic E-state index is 0.0520. The first kappa shape index (κ1) is 22.0. The number of benzene rings is 2. The molecule has 2 rings (SSSR count). The summed E-state index contributed by atoms with van der Waals surface area (Å²) in [4.78, 5) is 12.0. The van der Waals surface area contributed by atoms with E-state index >= 15 is 0 Å². The molecule has 0 aliphatic rings. The number of alkyl halides is 2. The van der Waals surface area contributed by atoms with Gasteiger partial charge in [-0.25, -0.2) is 4.79 Å². The third-order valence-electron chi connectivity index (χ3n) is 3.72. The van der Waals surface area contributed by atoms with Crippen molar-refractivity contribution < 1.29 is 37.3 Å². The Hall–Kier alpha value is -3.29. The molecule has 8 heteroatoms. The number of hydrogen-bond donors (Lipinski definition) is 0. The van der Waals surface area contributed by atoms with Crippen LogP contribution in [0.3, 0.4) is 0 Å². The first-order valence-electron chi connectivity index (χ1n) is 8.74. The molecule has 29 heavy (non-hydrogen) atoms. The first-order chi connectivity index (χ1) is 14.0. The Morgan fingerprint density at radius 2 is 1.69 bits per heavy atom. The summed E-state index contributed by atoms with van der Waals surface area (Å²) in [6.07, 6.45) is 2.71. The van der Waals surface area contributed by atoms with Crippen LogP contribution in [0.2, 0.25) is 0 Å². The molecule has 0 atom stereocenters. The highest BCUT2D eigenvalue weighted by Crippen LogP contribution is 2.30. The van der Waals surface area contributed by atoms with E-state index in [1.165, 1.54) is 44.6 Å². The van der Waals surface area contributed by atoms with Crippen molar-refractivity contribution in [2.24, 2.45) is 0 Å². The van der Waals surface area contributed by atoms with E-state index in [0.717, 1.165) is 5.56 Å². The number of esters is 1. The van der Waals surface area contributed by atoms with Crippen LogP contribution in [-0.4, -0.2) is 33.4 Å². The van der Waals surface area contributed by atoms with Crippen LogP contribution in [0.15, 0.2) is 42.5 Å². The van der Waals surface area contributed by atoms with E-state index in [-0.39, 0.29) is 18.1 Å². The van der Waals surface area contributed by atoms with Crippen LogP contribution in [-0.2, 0) is 16.1 Å². The summed E-state index contributed by atoms with van der Waals surface area (Å²) in [6, 6.07) is 9.57. The molecule has 0 aliphatic heterocycles. The molecule has 0 aromatic heterocycles. The monoisotopic (exact) mass is 408 g/mol. The lowest BCUT2D eigenvalue weighted by atomic mass is 10.2. The largest absolute Gasteiger partial charge is 0.493 e. The van der Waals surface area contributed by atoms with Crippen molar-refractivity contribution in [2.75, 3.05) is 20.8 Å². The van der Waals surface area contributed by atoms with Gasteiger partial charge in [-0.1, -0.05) is 12.1 Å². The van der Waals surface area contributed by atoms with Gasteiger partial charge in [-0.2, -0.15) is 8.78 Å². The molecule has 0 spiro atoms. The molecule has 2 aromatic rings. The van der Waals surface area contributed by atoms with Gasteiger partial charge < -0.3 is 23.7 Å². The van der Waals surface area contributed by atoms with E-state index in [2.05, 4.69) is 4.74 Å². The van der Waals surface area contributed by atoms with E-state index in [1.54, 1.807) is 18.2 Å². The number of methoxy groups -OCH3 is 2. The van der Waals surface area contributed by atoms with E-state index < -0.39 is 12.6 Å². The molecular formula is C21H22F2O6. The molecule has 0 unspecified atom stereocenters. The van der Waals surface area contributed by atoms with Gasteiger partial charge in [0, 0.05) is 6.08 Å². The number of halogens is 2. The maximum absolute atomic E-state index is 12.4. The number of ether oxygens (including phenoxy) is 5. The maximum Gasteiger partial charge on any atom is 0.387 e. The SMILES string of the molecule is CCOc1ccc(COC(=O)/C=C/c2ccc(OC(F)F)c(OC)c2)cc1OC. The van der Waals surface area contributed by atoms with Gasteiger partial charge in [0.25, 0.3) is 0 Å². The second-order valence-electron chi connectivity index (χ2n) is 5.65. The predicted octanol–water partition coefficient (Wildman–Crippen LogP) is 4.46. The zero-order valence-electron chi connectivity index (χ0n) is 16.3. The molecule has 0 radical (unpaired) electrons. The van der Waals surface area contributed by atoms with Gasteiger partial charge in [0.15, 0.2) is 23.0 Å². The van der Waals surface area contributed by atoms with Crippen LogP contribution in [0.25, 0.3) is 6.08 Å². The average molecular weight is 408 g/mol. The minimum Gasteiger partial charge on any atom is -0.493 e. The van der Waals surface area contributed by atoms with Crippen molar-refractivity contribution >= 4 is 12.0 Å². The molecule has 0 aliphatic carbocycles. The molecule has 0 amide bonds. The van der Waals surface area contributed by atoms with Gasteiger partial charge in [0.2, 0.25) is 0 Å². The fourth-order valence-corrected chi connectivity index (χ4v) is 2.42. The molecule has 0 N–H and O–H groups in total. The van der Waals surface area contributed by atoms with E-state index in [1.807, 2.05) is 6.92 Å². The fraction of sp³-hybridized carbons (Fsp3) is 0.286. The highest BCUT2D eigenvalue weighted by atomic mass is 19.3. The highest BCUT2D eigenvalue weighted by Gasteiger charge is 2.11. The van der Waals surface area contributed by atoms with Crippen molar-refractivity contribution in [3.8, 4) is 23.0 Å². The lowest BCUT2D eigenvalue weighted by Gasteiger charge is -2.11. The number of carbonyl (C=O) groups is 1. The summed E-state index contributed by atoms with van der Waals surface area (Å²) >= 11 is 0. The van der Waals surface area contributed by atoms with Crippen molar-refractivity contribution in [3.05, 3.63) is 53.6 Å². The van der Waals surface area contributed by atoms with E-state index in [9.17, 15) is 13.6 Å². The third kappa shape index (κ3) is 6.67. The Labute approximate surface area is 167 Å². The smallest absolute Gasteiger partial charge is 0.387 e. The molecular weight excluding hydrogens is 386 g/mol. The average Bonchev–Trinajstić information content (AvgIpc) is 2.72. The zero-order chi connectivity index (χ0) is 21.2. The summed E-state index contributed by atoms with van der Waals surface area (Å²) in [7, 11) is 2.86. The van der Waals surface area contributed by atoms with Crippen LogP contribution >= 0.6 is 0 Å². The van der Waals surface area contributed by atoms with Crippen molar-refractivity contribution in [2.45, 2.75) is 20.1 Å². The maximum atomic E-state index is 12.4. The highest BCUT2D eigenvalue weighted by molar-refractivity contribution is 5.87. The van der Waals surface area contributed by atoms with Crippen LogP contribution in [0.1, 0.15) is 18.1 Å². The standard InChI is InChI=1S/C21H22F2O6/c1-4-27-16-8-6-15(12-18(16)25-2)13-28-20(24)10-7-14-5-9-17(29-21(22)23)19(11-14)26-3/h5-12,21H,4,13H2,1-3H3/b10-7+. The second kappa shape index (κ2) is 10.9. The van der Waals surface area contributed by atoms with Crippen LogP contribution in [0.4, 0.5) is 8.78 Å². The van der Waals surface area contributed by atoms with Gasteiger partial charge in [0.05, 0.1) is 20.8 Å². The molecule has 0 saturated carbocycles. The van der Waals surface area contributed by atoms with Crippen LogP contribution in [0, 0.1) is 0 Å². The molecule has 0 heterocycles. The van der Waals surface area contributed by atoms with Gasteiger partial charge in [-0.15, -0.1) is 0 Å². The Morgan fingerprint density at radius 3 is 2.34 bits per heavy atom. The number of carbonyl (C=O) groups excluding carboxylic acids is 1. The van der Waals surface area contributed by atoms with E-state index in [4.69, 9.17) is 18.9 Å². The molecule has 6 nitrogen and oxygen atoms in total. The van der Waals surface area contributed by atoms with Gasteiger partial charge in [-0.05, 0) is 48.4 Å². The quantitative estimate of drug-likeness (QED) is 0.427. The van der Waals surface area contributed by atoms with E-state index in [0.29, 0.717) is 23.7 Å². The third-order valence-corrected chi connectivity index (χ3v) is 3.72. The molecule has 2 aromatic carbocycles. The fourth-order valence-electron chi connectivity index (χ4n) is 2.42. The van der Waals surface area contributed by atoms with Crippen LogP contribution < -0.4 is 18.9 Å². The Kier molecular flexibility index (Phi) is 8.27. The van der Waals surface area contributed by atoms with Gasteiger partial charge >= 0.3 is 12.6 Å². The normalized spacial score (nSPS) is 10.8. The second-order valence-corrected chi connectivity index (χ2v) is 5.65. The van der Waals surface area contributed by atoms with Gasteiger partial charge in [-0.3, -0.25) is 0 Å². The topological polar surface area (TPSA) is 63.2 Å². The van der Waals surface area contributed by atoms with Crippen molar-refractivity contribution in [1.29, 1.82) is 0 Å². The Bertz CT molecular complexity index is 851. The minimum atomic E-state index is -2.96. The van der Waals surface area contributed by atoms with Crippen LogP contribution in [0.5, 0.6) is 23.0 Å². The summed E-state index contributed by atoms with van der Waals surface area (Å²) < 4.78 is 50.0. The number of hydrogen-bond acceptors (Lipinski definition) is 6. The summed E-state index contributed by atoms with van der Waals surface area (Å²) in [5.74, 6) is 0.631. The summed E-state index contributed by atoms with van der Waals surface area (Å²) in [6.45, 7) is -0.524. The predicted molar refractivity (Wildman–Crippen MR) is 103 cm³/mol. The molecule has 0 bridgehead atoms. The van der Waals surface area contributed by atoms with Crippen molar-refractivity contribution in [3.63, 3.8) is 0 Å². The Balaban J connectivity index is 1.97. The lowest BCUT2D eigenvalue weighted by molar-refractivity contribution is -0.138. The molecule has 0 saturated heterocycles.